The second-order valence-electron chi connectivity index (χ2n) is 6.99. The van der Waals surface area contributed by atoms with Crippen molar-refractivity contribution in [3.05, 3.63) is 80.7 Å². The summed E-state index contributed by atoms with van der Waals surface area (Å²) in [6.45, 7) is 7.57. The maximum atomic E-state index is 2.61. The van der Waals surface area contributed by atoms with E-state index in [0.717, 1.165) is 3.63 Å². The summed E-state index contributed by atoms with van der Waals surface area (Å²) in [5, 5.41) is 0. The summed E-state index contributed by atoms with van der Waals surface area (Å²) in [6.07, 6.45) is 6.01. The molecule has 2 aliphatic carbocycles. The van der Waals surface area contributed by atoms with Crippen LogP contribution in [0.1, 0.15) is 31.0 Å². The normalized spacial score (nSPS) is 16.2. The summed E-state index contributed by atoms with van der Waals surface area (Å²) in [7, 11) is 0. The molecule has 2 aromatic carbocycles. The fourth-order valence-corrected chi connectivity index (χ4v) is 25.8. The molecule has 0 N–H and O–H groups in total. The summed E-state index contributed by atoms with van der Waals surface area (Å²) in [6, 6.07) is 18.4. The molecular weight excluding hydrogens is 372 g/mol. The third kappa shape index (κ3) is 2.51. The van der Waals surface area contributed by atoms with E-state index in [-0.39, 0.29) is 2.85 Å². The Morgan fingerprint density at radius 2 is 1.52 bits per heavy atom. The summed E-state index contributed by atoms with van der Waals surface area (Å²) in [5.41, 5.74) is 7.88. The van der Waals surface area contributed by atoms with Crippen LogP contribution in [0.2, 0.25) is 13.1 Å². The van der Waals surface area contributed by atoms with Gasteiger partial charge in [0.2, 0.25) is 0 Å². The first-order valence-corrected chi connectivity index (χ1v) is 18.4. The van der Waals surface area contributed by atoms with Crippen LogP contribution in [-0.4, -0.2) is 5.92 Å². The Hall–Kier alpha value is -0.980. The predicted octanol–water partition coefficient (Wildman–Crippen LogP) is 5.82. The Balaban J connectivity index is 0.00000113. The molecule has 0 fully saturated rings. The number of hydrogen-bond donors (Lipinski definition) is 0. The Kier molecular flexibility index (Phi) is 4.15. The van der Waals surface area contributed by atoms with Crippen molar-refractivity contribution in [1.82, 2.24) is 0 Å². The predicted molar refractivity (Wildman–Crippen MR) is 101 cm³/mol. The fraction of sp³-hybridized carbons (Fsp3) is 0.238. The smallest absolute Gasteiger partial charge is 1.00 e. The minimum absolute atomic E-state index is 0. The van der Waals surface area contributed by atoms with Gasteiger partial charge in [0.1, 0.15) is 0 Å². The molecule has 0 saturated heterocycles. The van der Waals surface area contributed by atoms with Gasteiger partial charge in [0.15, 0.2) is 0 Å². The standard InChI is InChI=1S/C13H9.C6H7.C2H7Si.Zr.2H/c1-3-7-12-10(5-1)9-11-6-2-4-8-13(11)12;1-6-4-2-3-5-6;1-3-2;;;/h1-9H;2,4H,3H2,1H3;3H,1-2H3;;;/q;;;+2;2*-1. The molecule has 117 valence electrons. The Morgan fingerprint density at radius 1 is 0.957 bits per heavy atom. The largest absolute Gasteiger partial charge is 1.00 e. The van der Waals surface area contributed by atoms with Gasteiger partial charge in [-0.2, -0.15) is 0 Å². The van der Waals surface area contributed by atoms with Crippen molar-refractivity contribution >= 4 is 5.92 Å². The van der Waals surface area contributed by atoms with Crippen molar-refractivity contribution in [1.29, 1.82) is 0 Å². The Morgan fingerprint density at radius 3 is 2.00 bits per heavy atom. The molecule has 0 aromatic heterocycles. The van der Waals surface area contributed by atoms with Gasteiger partial charge in [-0.15, -0.1) is 0 Å². The zero-order chi connectivity index (χ0) is 16.0. The molecule has 0 spiro atoms. The zero-order valence-electron chi connectivity index (χ0n) is 16.1. The van der Waals surface area contributed by atoms with Crippen LogP contribution in [0.15, 0.2) is 69.5 Å². The minimum Gasteiger partial charge on any atom is -1.00 e. The topological polar surface area (TPSA) is 0 Å². The van der Waals surface area contributed by atoms with Crippen LogP contribution >= 0.6 is 0 Å². The van der Waals surface area contributed by atoms with Gasteiger partial charge in [-0.1, -0.05) is 0 Å². The van der Waals surface area contributed by atoms with Crippen LogP contribution in [0.4, 0.5) is 0 Å². The molecule has 0 aliphatic heterocycles. The molecular formula is C21H25SiZr. The number of hydrogen-bond acceptors (Lipinski definition) is 0. The van der Waals surface area contributed by atoms with E-state index in [2.05, 4.69) is 80.7 Å². The summed E-state index contributed by atoms with van der Waals surface area (Å²) in [4.78, 5) is 0. The SMILES string of the molecule is CC1=[C]([Zr+2]([CH]2c3ccccc3-c3ccccc32)[SiH](C)C)CC=C1.[H-].[H-]. The number of fused-ring (bicyclic) bond motifs is 3. The monoisotopic (exact) mass is 395 g/mol. The third-order valence-corrected chi connectivity index (χ3v) is 26.0. The van der Waals surface area contributed by atoms with E-state index >= 15 is 0 Å². The second kappa shape index (κ2) is 6.15. The van der Waals surface area contributed by atoms with Gasteiger partial charge in [-0.3, -0.25) is 0 Å². The maximum Gasteiger partial charge on any atom is -1.00 e. The molecule has 2 aliphatic rings. The van der Waals surface area contributed by atoms with Crippen molar-refractivity contribution in [3.8, 4) is 11.1 Å². The van der Waals surface area contributed by atoms with Crippen molar-refractivity contribution in [2.45, 2.75) is 30.1 Å². The molecule has 4 rings (SSSR count). The molecule has 2 heteroatoms. The first-order valence-electron chi connectivity index (χ1n) is 8.60. The van der Waals surface area contributed by atoms with E-state index in [1.165, 1.54) is 17.5 Å². The van der Waals surface area contributed by atoms with Crippen LogP contribution in [0.3, 0.4) is 0 Å². The van der Waals surface area contributed by atoms with E-state index < -0.39 is 26.8 Å². The van der Waals surface area contributed by atoms with Crippen LogP contribution in [0.5, 0.6) is 0 Å². The minimum atomic E-state index is -1.70. The first kappa shape index (κ1) is 15.5. The molecule has 0 heterocycles. The van der Waals surface area contributed by atoms with E-state index in [1.54, 1.807) is 16.7 Å². The van der Waals surface area contributed by atoms with Crippen molar-refractivity contribution in [2.24, 2.45) is 0 Å². The van der Waals surface area contributed by atoms with Crippen LogP contribution in [0, 0.1) is 0 Å². The number of allylic oxidation sites excluding steroid dienone is 4. The molecule has 0 radical (unpaired) electrons. The van der Waals surface area contributed by atoms with Crippen molar-refractivity contribution in [2.75, 3.05) is 0 Å². The Labute approximate surface area is 151 Å². The van der Waals surface area contributed by atoms with E-state index in [4.69, 9.17) is 0 Å². The average Bonchev–Trinajstić information content (AvgIpc) is 3.11. The zero-order valence-corrected chi connectivity index (χ0v) is 17.7. The summed E-state index contributed by atoms with van der Waals surface area (Å²) >= 11 is -1.70. The van der Waals surface area contributed by atoms with Gasteiger partial charge in [0, 0.05) is 0 Å². The van der Waals surface area contributed by atoms with E-state index in [1.807, 2.05) is 3.28 Å². The van der Waals surface area contributed by atoms with Gasteiger partial charge in [0.25, 0.3) is 0 Å². The van der Waals surface area contributed by atoms with Crippen LogP contribution < -0.4 is 0 Å². The average molecular weight is 397 g/mol. The number of benzene rings is 2. The summed E-state index contributed by atoms with van der Waals surface area (Å²) in [5.74, 6) is -0.649. The van der Waals surface area contributed by atoms with Gasteiger partial charge < -0.3 is 2.85 Å². The molecule has 0 atom stereocenters. The molecule has 0 amide bonds. The number of rotatable bonds is 3. The van der Waals surface area contributed by atoms with Gasteiger partial charge in [-0.05, 0) is 0 Å². The van der Waals surface area contributed by atoms with Crippen LogP contribution in [0.25, 0.3) is 11.1 Å². The van der Waals surface area contributed by atoms with E-state index in [9.17, 15) is 0 Å². The summed E-state index contributed by atoms with van der Waals surface area (Å²) < 4.78 is 2.65. The first-order chi connectivity index (χ1) is 11.2. The van der Waals surface area contributed by atoms with Gasteiger partial charge in [0.05, 0.1) is 0 Å². The molecule has 23 heavy (non-hydrogen) atoms. The molecule has 0 nitrogen and oxygen atoms in total. The Bertz CT molecular complexity index is 781. The van der Waals surface area contributed by atoms with Gasteiger partial charge in [-0.25, -0.2) is 0 Å². The van der Waals surface area contributed by atoms with Crippen molar-refractivity contribution in [3.63, 3.8) is 0 Å². The van der Waals surface area contributed by atoms with E-state index in [0.29, 0.717) is 0 Å². The molecule has 2 aromatic rings. The quantitative estimate of drug-likeness (QED) is 0.574. The van der Waals surface area contributed by atoms with Gasteiger partial charge >= 0.3 is 149 Å². The third-order valence-electron chi connectivity index (χ3n) is 5.28. The second-order valence-corrected chi connectivity index (χ2v) is 26.6. The molecule has 0 bridgehead atoms. The molecule has 0 saturated carbocycles. The molecule has 0 unspecified atom stereocenters. The maximum absolute atomic E-state index is 2.61. The van der Waals surface area contributed by atoms with Crippen molar-refractivity contribution < 1.29 is 23.8 Å². The van der Waals surface area contributed by atoms with Crippen LogP contribution in [-0.2, 0) is 20.9 Å². The fourth-order valence-electron chi connectivity index (χ4n) is 4.31.